The quantitative estimate of drug-likeness (QED) is 0.417. The Hall–Kier alpha value is -1.26. The molecule has 0 aliphatic rings. The van der Waals surface area contributed by atoms with Gasteiger partial charge in [0.25, 0.3) is 0 Å². The van der Waals surface area contributed by atoms with Crippen molar-refractivity contribution in [2.75, 3.05) is 17.7 Å². The maximum Gasteiger partial charge on any atom is 0.0680 e. The fraction of sp³-hybridized carbons (Fsp3) is 0.400. The van der Waals surface area contributed by atoms with Gasteiger partial charge in [0.2, 0.25) is 0 Å². The van der Waals surface area contributed by atoms with Crippen molar-refractivity contribution in [2.45, 2.75) is 19.4 Å². The van der Waals surface area contributed by atoms with Gasteiger partial charge in [0.15, 0.2) is 0 Å². The molecule has 4 heteroatoms. The molecule has 1 aromatic rings. The monoisotopic (exact) mass is 195 g/mol. The lowest BCUT2D eigenvalue weighted by molar-refractivity contribution is 0.170. The number of rotatable bonds is 5. The molecular formula is C10H17N3O. The highest BCUT2D eigenvalue weighted by molar-refractivity contribution is 5.50. The van der Waals surface area contributed by atoms with Gasteiger partial charge in [0, 0.05) is 17.9 Å². The summed E-state index contributed by atoms with van der Waals surface area (Å²) in [6, 6.07) is 7.39. The Morgan fingerprint density at radius 3 is 2.57 bits per heavy atom. The van der Waals surface area contributed by atoms with Gasteiger partial charge >= 0.3 is 0 Å². The Morgan fingerprint density at radius 2 is 2.00 bits per heavy atom. The van der Waals surface area contributed by atoms with E-state index in [4.69, 9.17) is 5.73 Å². The van der Waals surface area contributed by atoms with Crippen LogP contribution in [0.2, 0.25) is 0 Å². The van der Waals surface area contributed by atoms with E-state index in [2.05, 4.69) is 10.9 Å². The fourth-order valence-corrected chi connectivity index (χ4v) is 0.982. The molecule has 0 aliphatic heterocycles. The van der Waals surface area contributed by atoms with Gasteiger partial charge in [-0.2, -0.15) is 0 Å². The van der Waals surface area contributed by atoms with E-state index in [1.807, 2.05) is 31.2 Å². The molecule has 0 radical (unpaired) electrons. The molecular weight excluding hydrogens is 178 g/mol. The number of aliphatic hydroxyl groups is 1. The van der Waals surface area contributed by atoms with E-state index < -0.39 is 0 Å². The van der Waals surface area contributed by atoms with E-state index in [-0.39, 0.29) is 6.10 Å². The van der Waals surface area contributed by atoms with Gasteiger partial charge in [-0.1, -0.05) is 6.92 Å². The molecule has 0 bridgehead atoms. The average molecular weight is 195 g/mol. The molecule has 14 heavy (non-hydrogen) atoms. The Morgan fingerprint density at radius 1 is 1.36 bits per heavy atom. The van der Waals surface area contributed by atoms with Crippen LogP contribution in [0, 0.1) is 0 Å². The van der Waals surface area contributed by atoms with E-state index in [9.17, 15) is 5.11 Å². The molecule has 0 aliphatic carbocycles. The van der Waals surface area contributed by atoms with Crippen LogP contribution >= 0.6 is 0 Å². The van der Waals surface area contributed by atoms with E-state index in [0.29, 0.717) is 6.54 Å². The molecule has 1 unspecified atom stereocenters. The molecule has 0 amide bonds. The van der Waals surface area contributed by atoms with Crippen molar-refractivity contribution in [3.05, 3.63) is 24.3 Å². The largest absolute Gasteiger partial charge is 0.399 e. The van der Waals surface area contributed by atoms with Crippen LogP contribution in [0.1, 0.15) is 13.3 Å². The minimum Gasteiger partial charge on any atom is -0.399 e. The maximum absolute atomic E-state index is 9.26. The molecule has 1 aromatic carbocycles. The molecule has 5 N–H and O–H groups in total. The van der Waals surface area contributed by atoms with Crippen molar-refractivity contribution >= 4 is 11.4 Å². The van der Waals surface area contributed by atoms with E-state index in [1.165, 1.54) is 0 Å². The van der Waals surface area contributed by atoms with E-state index in [0.717, 1.165) is 17.8 Å². The minimum atomic E-state index is -0.309. The van der Waals surface area contributed by atoms with Crippen molar-refractivity contribution in [1.82, 2.24) is 5.43 Å². The van der Waals surface area contributed by atoms with Crippen LogP contribution < -0.4 is 16.6 Å². The summed E-state index contributed by atoms with van der Waals surface area (Å²) in [5.41, 5.74) is 13.1. The maximum atomic E-state index is 9.26. The normalized spacial score (nSPS) is 12.4. The molecule has 0 saturated carbocycles. The molecule has 0 fully saturated rings. The molecule has 0 aromatic heterocycles. The van der Waals surface area contributed by atoms with Gasteiger partial charge in [-0.3, -0.25) is 0 Å². The number of nitrogens with one attached hydrogen (secondary N) is 2. The number of nitrogen functional groups attached to an aromatic ring is 1. The van der Waals surface area contributed by atoms with Crippen molar-refractivity contribution in [3.8, 4) is 0 Å². The number of benzene rings is 1. The van der Waals surface area contributed by atoms with Crippen LogP contribution in [0.4, 0.5) is 11.4 Å². The zero-order valence-corrected chi connectivity index (χ0v) is 8.33. The van der Waals surface area contributed by atoms with Crippen molar-refractivity contribution < 1.29 is 5.11 Å². The zero-order chi connectivity index (χ0) is 10.4. The van der Waals surface area contributed by atoms with Gasteiger partial charge < -0.3 is 16.3 Å². The number of hydrazine groups is 1. The summed E-state index contributed by atoms with van der Waals surface area (Å²) in [6.45, 7) is 2.47. The molecule has 4 nitrogen and oxygen atoms in total. The Labute approximate surface area is 84.1 Å². The van der Waals surface area contributed by atoms with E-state index in [1.54, 1.807) is 0 Å². The first kappa shape index (κ1) is 10.8. The minimum absolute atomic E-state index is 0.309. The molecule has 0 heterocycles. The van der Waals surface area contributed by atoms with Crippen molar-refractivity contribution in [2.24, 2.45) is 0 Å². The molecule has 78 valence electrons. The van der Waals surface area contributed by atoms with Gasteiger partial charge in [0.1, 0.15) is 0 Å². The number of hydrogen-bond acceptors (Lipinski definition) is 4. The summed E-state index contributed by atoms with van der Waals surface area (Å²) in [6.07, 6.45) is 0.437. The second kappa shape index (κ2) is 5.47. The van der Waals surface area contributed by atoms with Gasteiger partial charge in [0.05, 0.1) is 6.10 Å². The zero-order valence-electron chi connectivity index (χ0n) is 8.33. The Bertz CT molecular complexity index is 261. The summed E-state index contributed by atoms with van der Waals surface area (Å²) in [4.78, 5) is 0. The molecule has 0 spiro atoms. The summed E-state index contributed by atoms with van der Waals surface area (Å²) in [5, 5.41) is 9.26. The van der Waals surface area contributed by atoms with Crippen LogP contribution in [0.15, 0.2) is 24.3 Å². The highest BCUT2D eigenvalue weighted by Crippen LogP contribution is 2.08. The van der Waals surface area contributed by atoms with Gasteiger partial charge in [-0.25, -0.2) is 5.43 Å². The highest BCUT2D eigenvalue weighted by atomic mass is 16.3. The first-order chi connectivity index (χ1) is 6.72. The van der Waals surface area contributed by atoms with Crippen LogP contribution in [0.5, 0.6) is 0 Å². The summed E-state index contributed by atoms with van der Waals surface area (Å²) in [5.74, 6) is 0. The molecule has 1 atom stereocenters. The summed E-state index contributed by atoms with van der Waals surface area (Å²) in [7, 11) is 0. The summed E-state index contributed by atoms with van der Waals surface area (Å²) < 4.78 is 0. The third-order valence-electron chi connectivity index (χ3n) is 1.95. The summed E-state index contributed by atoms with van der Waals surface area (Å²) >= 11 is 0. The lowest BCUT2D eigenvalue weighted by Gasteiger charge is -2.11. The van der Waals surface area contributed by atoms with Crippen LogP contribution in [0.25, 0.3) is 0 Å². The third kappa shape index (κ3) is 3.64. The standard InChI is InChI=1S/C10H17N3O/c1-2-10(14)7-12-13-9-5-3-8(11)4-6-9/h3-6,10,12-14H,2,7,11H2,1H3. The molecule has 0 saturated heterocycles. The smallest absolute Gasteiger partial charge is 0.0680 e. The second-order valence-electron chi connectivity index (χ2n) is 3.19. The number of nitrogens with two attached hydrogens (primary N) is 1. The lowest BCUT2D eigenvalue weighted by Crippen LogP contribution is -2.30. The predicted molar refractivity (Wildman–Crippen MR) is 58.8 cm³/mol. The predicted octanol–water partition coefficient (Wildman–Crippen LogP) is 0.956. The second-order valence-corrected chi connectivity index (χ2v) is 3.19. The number of anilines is 2. The van der Waals surface area contributed by atoms with Crippen LogP contribution in [-0.2, 0) is 0 Å². The topological polar surface area (TPSA) is 70.3 Å². The third-order valence-corrected chi connectivity index (χ3v) is 1.95. The van der Waals surface area contributed by atoms with Gasteiger partial charge in [-0.05, 0) is 30.7 Å². The average Bonchev–Trinajstić information content (AvgIpc) is 2.21. The first-order valence-electron chi connectivity index (χ1n) is 4.75. The first-order valence-corrected chi connectivity index (χ1v) is 4.75. The van der Waals surface area contributed by atoms with Crippen molar-refractivity contribution in [1.29, 1.82) is 0 Å². The highest BCUT2D eigenvalue weighted by Gasteiger charge is 1.98. The molecule has 1 rings (SSSR count). The van der Waals surface area contributed by atoms with E-state index >= 15 is 0 Å². The van der Waals surface area contributed by atoms with Crippen LogP contribution in [-0.4, -0.2) is 17.8 Å². The lowest BCUT2D eigenvalue weighted by atomic mass is 10.3. The Kier molecular flexibility index (Phi) is 4.22. The number of aliphatic hydroxyl groups excluding tert-OH is 1. The van der Waals surface area contributed by atoms with Crippen LogP contribution in [0.3, 0.4) is 0 Å². The Balaban J connectivity index is 2.28. The van der Waals surface area contributed by atoms with Gasteiger partial charge in [-0.15, -0.1) is 0 Å². The SMILES string of the molecule is CCC(O)CNNc1ccc(N)cc1. The fourth-order valence-electron chi connectivity index (χ4n) is 0.982. The van der Waals surface area contributed by atoms with Crippen molar-refractivity contribution in [3.63, 3.8) is 0 Å². The number of hydrogen-bond donors (Lipinski definition) is 4.